The largest absolute Gasteiger partial charge is 0.399 e. The van der Waals surface area contributed by atoms with Crippen molar-refractivity contribution in [3.63, 3.8) is 0 Å². The maximum Gasteiger partial charge on any atom is 0.190 e. The van der Waals surface area contributed by atoms with Crippen LogP contribution in [0.1, 0.15) is 5.56 Å². The van der Waals surface area contributed by atoms with Gasteiger partial charge < -0.3 is 5.73 Å². The van der Waals surface area contributed by atoms with Gasteiger partial charge in [-0.05, 0) is 69.2 Å². The Hall–Kier alpha value is -2.28. The summed E-state index contributed by atoms with van der Waals surface area (Å²) in [6, 6.07) is 10.2. The highest BCUT2D eigenvalue weighted by atomic mass is 79.9. The molecule has 0 bridgehead atoms. The van der Waals surface area contributed by atoms with Crippen LogP contribution in [0.25, 0.3) is 17.1 Å². The number of aromatic nitrogens is 4. The van der Waals surface area contributed by atoms with Crippen LogP contribution >= 0.6 is 15.9 Å². The third-order valence-corrected chi connectivity index (χ3v) is 3.67. The Labute approximate surface area is 128 Å². The first-order valence-corrected chi connectivity index (χ1v) is 6.96. The Morgan fingerprint density at radius 3 is 2.71 bits per heavy atom. The average Bonchev–Trinajstić information content (AvgIpc) is 2.87. The molecule has 2 N–H and O–H groups in total. The summed E-state index contributed by atoms with van der Waals surface area (Å²) >= 11 is 3.48. The van der Waals surface area contributed by atoms with Crippen LogP contribution in [0.4, 0.5) is 10.1 Å². The number of nitrogens with two attached hydrogens (primary N) is 1. The molecule has 0 amide bonds. The maximum atomic E-state index is 14.1. The molecule has 0 saturated carbocycles. The van der Waals surface area contributed by atoms with Crippen molar-refractivity contribution < 1.29 is 4.39 Å². The molecule has 0 radical (unpaired) electrons. The van der Waals surface area contributed by atoms with Gasteiger partial charge in [0, 0.05) is 10.2 Å². The van der Waals surface area contributed by atoms with Gasteiger partial charge in [-0.2, -0.15) is 4.68 Å². The Bertz CT molecular complexity index is 749. The Morgan fingerprint density at radius 2 is 2.00 bits per heavy atom. The van der Waals surface area contributed by atoms with Gasteiger partial charge in [0.2, 0.25) is 0 Å². The third kappa shape index (κ3) is 2.52. The summed E-state index contributed by atoms with van der Waals surface area (Å²) in [5.41, 5.74) is 8.04. The Morgan fingerprint density at radius 1 is 1.19 bits per heavy atom. The SMILES string of the molecule is Cc1ccc(-n2nnnc2-c2ccc(N)cc2F)c(Br)c1. The molecule has 0 atom stereocenters. The van der Waals surface area contributed by atoms with Crippen molar-refractivity contribution in [2.45, 2.75) is 6.92 Å². The van der Waals surface area contributed by atoms with Gasteiger partial charge in [-0.15, -0.1) is 5.10 Å². The summed E-state index contributed by atoms with van der Waals surface area (Å²) in [6.45, 7) is 1.98. The first kappa shape index (κ1) is 13.7. The lowest BCUT2D eigenvalue weighted by Gasteiger charge is -2.08. The molecular weight excluding hydrogens is 337 g/mol. The van der Waals surface area contributed by atoms with Crippen LogP contribution in [-0.4, -0.2) is 20.2 Å². The molecule has 1 aromatic heterocycles. The van der Waals surface area contributed by atoms with Gasteiger partial charge in [0.05, 0.1) is 11.3 Å². The summed E-state index contributed by atoms with van der Waals surface area (Å²) in [5.74, 6) is -0.147. The number of rotatable bonds is 2. The number of nitrogen functional groups attached to an aromatic ring is 1. The zero-order valence-corrected chi connectivity index (χ0v) is 12.7. The van der Waals surface area contributed by atoms with Crippen LogP contribution in [0.2, 0.25) is 0 Å². The van der Waals surface area contributed by atoms with Crippen LogP contribution in [0.15, 0.2) is 40.9 Å². The fraction of sp³-hybridized carbons (Fsp3) is 0.0714. The lowest BCUT2D eigenvalue weighted by Crippen LogP contribution is -2.02. The minimum Gasteiger partial charge on any atom is -0.399 e. The number of tetrazole rings is 1. The van der Waals surface area contributed by atoms with Crippen molar-refractivity contribution >= 4 is 21.6 Å². The van der Waals surface area contributed by atoms with E-state index in [1.54, 1.807) is 12.1 Å². The van der Waals surface area contributed by atoms with Crippen LogP contribution < -0.4 is 5.73 Å². The Kier molecular flexibility index (Phi) is 3.42. The van der Waals surface area contributed by atoms with Crippen molar-refractivity contribution in [2.75, 3.05) is 5.73 Å². The number of anilines is 1. The average molecular weight is 348 g/mol. The summed E-state index contributed by atoms with van der Waals surface area (Å²) in [4.78, 5) is 0. The van der Waals surface area contributed by atoms with Crippen molar-refractivity contribution in [3.8, 4) is 17.1 Å². The van der Waals surface area contributed by atoms with Crippen LogP contribution in [0, 0.1) is 12.7 Å². The van der Waals surface area contributed by atoms with Crippen molar-refractivity contribution in [2.24, 2.45) is 0 Å². The van der Waals surface area contributed by atoms with E-state index in [2.05, 4.69) is 31.5 Å². The zero-order chi connectivity index (χ0) is 15.0. The predicted octanol–water partition coefficient (Wildman–Crippen LogP) is 3.12. The molecular formula is C14H11BrFN5. The van der Waals surface area contributed by atoms with Gasteiger partial charge >= 0.3 is 0 Å². The summed E-state index contributed by atoms with van der Waals surface area (Å²) in [5, 5.41) is 11.5. The van der Waals surface area contributed by atoms with Gasteiger partial charge in [-0.25, -0.2) is 4.39 Å². The van der Waals surface area contributed by atoms with E-state index in [-0.39, 0.29) is 0 Å². The standard InChI is InChI=1S/C14H11BrFN5/c1-8-2-5-13(11(15)6-8)21-14(18-19-20-21)10-4-3-9(17)7-12(10)16/h2-7H,17H2,1H3. The first-order valence-electron chi connectivity index (χ1n) is 6.16. The highest BCUT2D eigenvalue weighted by molar-refractivity contribution is 9.10. The van der Waals surface area contributed by atoms with Gasteiger partial charge in [0.25, 0.3) is 0 Å². The van der Waals surface area contributed by atoms with E-state index in [1.165, 1.54) is 10.7 Å². The lowest BCUT2D eigenvalue weighted by molar-refractivity contribution is 0.629. The minimum absolute atomic E-state index is 0.293. The van der Waals surface area contributed by atoms with Gasteiger partial charge in [-0.1, -0.05) is 6.07 Å². The second kappa shape index (κ2) is 5.25. The van der Waals surface area contributed by atoms with E-state index >= 15 is 0 Å². The van der Waals surface area contributed by atoms with Gasteiger partial charge in [0.15, 0.2) is 5.82 Å². The maximum absolute atomic E-state index is 14.1. The number of halogens is 2. The summed E-state index contributed by atoms with van der Waals surface area (Å²) in [6.07, 6.45) is 0. The Balaban J connectivity index is 2.17. The fourth-order valence-electron chi connectivity index (χ4n) is 2.01. The molecule has 1 heterocycles. The van der Waals surface area contributed by atoms with Crippen molar-refractivity contribution in [1.29, 1.82) is 0 Å². The van der Waals surface area contributed by atoms with Gasteiger partial charge in [-0.3, -0.25) is 0 Å². The molecule has 0 unspecified atom stereocenters. The molecule has 7 heteroatoms. The minimum atomic E-state index is -0.464. The van der Waals surface area contributed by atoms with E-state index in [0.717, 1.165) is 15.7 Å². The molecule has 3 aromatic rings. The molecule has 106 valence electrons. The molecule has 3 rings (SSSR count). The van der Waals surface area contributed by atoms with E-state index in [4.69, 9.17) is 5.73 Å². The summed E-state index contributed by atoms with van der Waals surface area (Å²) in [7, 11) is 0. The molecule has 0 spiro atoms. The molecule has 2 aromatic carbocycles. The highest BCUT2D eigenvalue weighted by Gasteiger charge is 2.16. The van der Waals surface area contributed by atoms with E-state index in [9.17, 15) is 4.39 Å². The molecule has 0 aliphatic carbocycles. The van der Waals surface area contributed by atoms with E-state index in [0.29, 0.717) is 17.1 Å². The number of nitrogens with zero attached hydrogens (tertiary/aromatic N) is 4. The number of hydrogen-bond donors (Lipinski definition) is 1. The second-order valence-corrected chi connectivity index (χ2v) is 5.46. The van der Waals surface area contributed by atoms with E-state index < -0.39 is 5.82 Å². The zero-order valence-electron chi connectivity index (χ0n) is 11.1. The smallest absolute Gasteiger partial charge is 0.190 e. The second-order valence-electron chi connectivity index (χ2n) is 4.61. The molecule has 21 heavy (non-hydrogen) atoms. The predicted molar refractivity (Wildman–Crippen MR) is 81.4 cm³/mol. The van der Waals surface area contributed by atoms with E-state index in [1.807, 2.05) is 25.1 Å². The normalized spacial score (nSPS) is 10.8. The topological polar surface area (TPSA) is 69.6 Å². The molecule has 0 saturated heterocycles. The fourth-order valence-corrected chi connectivity index (χ4v) is 2.67. The lowest BCUT2D eigenvalue weighted by atomic mass is 10.1. The number of benzene rings is 2. The third-order valence-electron chi connectivity index (χ3n) is 3.03. The van der Waals surface area contributed by atoms with Crippen molar-refractivity contribution in [1.82, 2.24) is 20.2 Å². The molecule has 5 nitrogen and oxygen atoms in total. The highest BCUT2D eigenvalue weighted by Crippen LogP contribution is 2.27. The molecule has 0 fully saturated rings. The van der Waals surface area contributed by atoms with Crippen LogP contribution in [-0.2, 0) is 0 Å². The van der Waals surface area contributed by atoms with Crippen LogP contribution in [0.5, 0.6) is 0 Å². The number of hydrogen-bond acceptors (Lipinski definition) is 4. The molecule has 0 aliphatic heterocycles. The number of aryl methyl sites for hydroxylation is 1. The monoisotopic (exact) mass is 347 g/mol. The van der Waals surface area contributed by atoms with Crippen LogP contribution in [0.3, 0.4) is 0 Å². The van der Waals surface area contributed by atoms with Crippen molar-refractivity contribution in [3.05, 3.63) is 52.3 Å². The summed E-state index contributed by atoms with van der Waals surface area (Å²) < 4.78 is 16.4. The first-order chi connectivity index (χ1) is 10.1. The molecule has 0 aliphatic rings. The quantitative estimate of drug-likeness (QED) is 0.723. The van der Waals surface area contributed by atoms with Gasteiger partial charge in [0.1, 0.15) is 5.82 Å².